The number of amides is 1. The molecule has 0 aromatic rings. The quantitative estimate of drug-likeness (QED) is 0.787. The van der Waals surface area contributed by atoms with Crippen LogP contribution < -0.4 is 11.1 Å². The highest BCUT2D eigenvalue weighted by atomic mass is 16.5. The summed E-state index contributed by atoms with van der Waals surface area (Å²) in [7, 11) is 1.63. The van der Waals surface area contributed by atoms with Crippen LogP contribution in [0.25, 0.3) is 0 Å². The Bertz CT molecular complexity index is 381. The van der Waals surface area contributed by atoms with E-state index >= 15 is 0 Å². The average Bonchev–Trinajstić information content (AvgIpc) is 2.74. The molecule has 3 atom stereocenters. The zero-order valence-corrected chi connectivity index (χ0v) is 12.6. The predicted molar refractivity (Wildman–Crippen MR) is 72.6 cm³/mol. The van der Waals surface area contributed by atoms with Crippen LogP contribution in [0, 0.1) is 11.3 Å². The fourth-order valence-corrected chi connectivity index (χ4v) is 3.65. The Morgan fingerprint density at radius 3 is 2.74 bits per heavy atom. The van der Waals surface area contributed by atoms with Crippen LogP contribution >= 0.6 is 0 Å². The van der Waals surface area contributed by atoms with Crippen molar-refractivity contribution >= 4 is 5.91 Å². The van der Waals surface area contributed by atoms with Crippen molar-refractivity contribution in [3.8, 4) is 0 Å². The van der Waals surface area contributed by atoms with E-state index in [1.54, 1.807) is 7.11 Å². The molecule has 0 aromatic heterocycles. The lowest BCUT2D eigenvalue weighted by atomic mass is 9.48. The summed E-state index contributed by atoms with van der Waals surface area (Å²) >= 11 is 0. The molecule has 1 saturated carbocycles. The van der Waals surface area contributed by atoms with Gasteiger partial charge in [0.15, 0.2) is 0 Å². The maximum atomic E-state index is 12.6. The second kappa shape index (κ2) is 4.43. The number of nitrogens with one attached hydrogen (secondary N) is 1. The van der Waals surface area contributed by atoms with Crippen LogP contribution in [-0.2, 0) is 14.3 Å². The second-order valence-electron chi connectivity index (χ2n) is 7.05. The summed E-state index contributed by atoms with van der Waals surface area (Å²) in [6, 6.07) is 0. The number of methoxy groups -OCH3 is 1. The number of carbonyl (C=O) groups is 1. The zero-order chi connectivity index (χ0) is 14.5. The molecule has 110 valence electrons. The Kier molecular flexibility index (Phi) is 3.44. The molecule has 0 bridgehead atoms. The van der Waals surface area contributed by atoms with Gasteiger partial charge in [0.1, 0.15) is 5.54 Å². The largest absolute Gasteiger partial charge is 0.382 e. The van der Waals surface area contributed by atoms with Crippen molar-refractivity contribution in [2.24, 2.45) is 17.1 Å². The van der Waals surface area contributed by atoms with Crippen LogP contribution in [0.3, 0.4) is 0 Å². The molecule has 0 radical (unpaired) electrons. The standard InChI is InChI=1S/C14H26N2O3/c1-12(2,8-18-5)16-11(17)14(15)9-6-7-19-10(9)13(14,3)4/h9-10H,6-8,15H2,1-5H3,(H,16,17). The minimum absolute atomic E-state index is 0.0914. The molecule has 0 aromatic carbocycles. The predicted octanol–water partition coefficient (Wildman–Crippen LogP) is 0.670. The molecular weight excluding hydrogens is 244 g/mol. The average molecular weight is 270 g/mol. The molecule has 2 fully saturated rings. The van der Waals surface area contributed by atoms with Gasteiger partial charge in [0, 0.05) is 25.0 Å². The summed E-state index contributed by atoms with van der Waals surface area (Å²) in [5.41, 5.74) is 4.88. The maximum absolute atomic E-state index is 12.6. The van der Waals surface area contributed by atoms with Crippen molar-refractivity contribution in [2.45, 2.75) is 51.3 Å². The third kappa shape index (κ3) is 1.99. The summed E-state index contributed by atoms with van der Waals surface area (Å²) in [6.45, 7) is 9.06. The van der Waals surface area contributed by atoms with Crippen molar-refractivity contribution in [3.05, 3.63) is 0 Å². The highest BCUT2D eigenvalue weighted by Crippen LogP contribution is 2.58. The molecular formula is C14H26N2O3. The van der Waals surface area contributed by atoms with E-state index in [1.807, 2.05) is 27.7 Å². The minimum Gasteiger partial charge on any atom is -0.382 e. The fourth-order valence-electron chi connectivity index (χ4n) is 3.65. The Hall–Kier alpha value is -0.650. The van der Waals surface area contributed by atoms with Crippen molar-refractivity contribution in [1.29, 1.82) is 0 Å². The van der Waals surface area contributed by atoms with Gasteiger partial charge < -0.3 is 20.5 Å². The molecule has 0 spiro atoms. The molecule has 2 rings (SSSR count). The van der Waals surface area contributed by atoms with Gasteiger partial charge in [-0.05, 0) is 20.3 Å². The summed E-state index contributed by atoms with van der Waals surface area (Å²) in [5.74, 6) is 0.0344. The van der Waals surface area contributed by atoms with E-state index in [0.29, 0.717) is 13.2 Å². The van der Waals surface area contributed by atoms with Crippen LogP contribution in [0.2, 0.25) is 0 Å². The molecule has 5 heteroatoms. The molecule has 1 saturated heterocycles. The monoisotopic (exact) mass is 270 g/mol. The summed E-state index contributed by atoms with van der Waals surface area (Å²) in [5, 5.41) is 3.02. The molecule has 1 aliphatic heterocycles. The van der Waals surface area contributed by atoms with E-state index in [9.17, 15) is 4.79 Å². The lowest BCUT2D eigenvalue weighted by Crippen LogP contribution is -2.81. The van der Waals surface area contributed by atoms with Gasteiger partial charge in [-0.3, -0.25) is 4.79 Å². The number of ether oxygens (including phenoxy) is 2. The maximum Gasteiger partial charge on any atom is 0.241 e. The molecule has 3 N–H and O–H groups in total. The number of hydrogen-bond donors (Lipinski definition) is 2. The second-order valence-corrected chi connectivity index (χ2v) is 7.05. The molecule has 19 heavy (non-hydrogen) atoms. The highest BCUT2D eigenvalue weighted by Gasteiger charge is 2.71. The van der Waals surface area contributed by atoms with Crippen LogP contribution in [0.1, 0.15) is 34.1 Å². The van der Waals surface area contributed by atoms with Gasteiger partial charge in [0.2, 0.25) is 5.91 Å². The van der Waals surface area contributed by atoms with Gasteiger partial charge in [-0.25, -0.2) is 0 Å². The minimum atomic E-state index is -0.848. The lowest BCUT2D eigenvalue weighted by molar-refractivity contribution is -0.177. The van der Waals surface area contributed by atoms with Crippen LogP contribution in [0.5, 0.6) is 0 Å². The van der Waals surface area contributed by atoms with Gasteiger partial charge in [-0.1, -0.05) is 13.8 Å². The molecule has 3 unspecified atom stereocenters. The SMILES string of the molecule is COCC(C)(C)NC(=O)C1(N)C2CCOC2C1(C)C. The van der Waals surface area contributed by atoms with E-state index in [-0.39, 0.29) is 23.3 Å². The van der Waals surface area contributed by atoms with E-state index in [4.69, 9.17) is 15.2 Å². The highest BCUT2D eigenvalue weighted by molar-refractivity contribution is 5.90. The van der Waals surface area contributed by atoms with Crippen LogP contribution in [-0.4, -0.2) is 43.4 Å². The van der Waals surface area contributed by atoms with E-state index in [1.165, 1.54) is 0 Å². The van der Waals surface area contributed by atoms with Crippen molar-refractivity contribution < 1.29 is 14.3 Å². The number of rotatable bonds is 4. The Balaban J connectivity index is 2.14. The number of carbonyl (C=O) groups excluding carboxylic acids is 1. The summed E-state index contributed by atoms with van der Waals surface area (Å²) < 4.78 is 10.8. The topological polar surface area (TPSA) is 73.6 Å². The molecule has 1 amide bonds. The first kappa shape index (κ1) is 14.8. The van der Waals surface area contributed by atoms with Crippen LogP contribution in [0.15, 0.2) is 0 Å². The molecule has 2 aliphatic rings. The molecule has 1 aliphatic carbocycles. The van der Waals surface area contributed by atoms with E-state index in [0.717, 1.165) is 6.42 Å². The fraction of sp³-hybridized carbons (Fsp3) is 0.929. The first-order valence-corrected chi connectivity index (χ1v) is 6.89. The normalized spacial score (nSPS) is 36.5. The van der Waals surface area contributed by atoms with Gasteiger partial charge in [-0.2, -0.15) is 0 Å². The van der Waals surface area contributed by atoms with Crippen LogP contribution in [0.4, 0.5) is 0 Å². The van der Waals surface area contributed by atoms with E-state index in [2.05, 4.69) is 5.32 Å². The Labute approximate surface area is 115 Å². The lowest BCUT2D eigenvalue weighted by Gasteiger charge is -2.61. The zero-order valence-electron chi connectivity index (χ0n) is 12.6. The summed E-state index contributed by atoms with van der Waals surface area (Å²) in [6.07, 6.45) is 0.969. The first-order valence-electron chi connectivity index (χ1n) is 6.89. The van der Waals surface area contributed by atoms with E-state index < -0.39 is 11.1 Å². The number of fused-ring (bicyclic) bond motifs is 1. The van der Waals surface area contributed by atoms with Crippen molar-refractivity contribution in [1.82, 2.24) is 5.32 Å². The number of hydrogen-bond acceptors (Lipinski definition) is 4. The third-order valence-corrected chi connectivity index (χ3v) is 4.79. The third-order valence-electron chi connectivity index (χ3n) is 4.79. The van der Waals surface area contributed by atoms with Crippen molar-refractivity contribution in [2.75, 3.05) is 20.3 Å². The molecule has 5 nitrogen and oxygen atoms in total. The number of nitrogens with two attached hydrogens (primary N) is 1. The van der Waals surface area contributed by atoms with Gasteiger partial charge >= 0.3 is 0 Å². The summed E-state index contributed by atoms with van der Waals surface area (Å²) in [4.78, 5) is 12.6. The Morgan fingerprint density at radius 2 is 2.16 bits per heavy atom. The molecule has 1 heterocycles. The first-order chi connectivity index (χ1) is 8.67. The van der Waals surface area contributed by atoms with Gasteiger partial charge in [-0.15, -0.1) is 0 Å². The van der Waals surface area contributed by atoms with Gasteiger partial charge in [0.25, 0.3) is 0 Å². The van der Waals surface area contributed by atoms with Crippen molar-refractivity contribution in [3.63, 3.8) is 0 Å². The smallest absolute Gasteiger partial charge is 0.241 e. The van der Waals surface area contributed by atoms with Gasteiger partial charge in [0.05, 0.1) is 18.2 Å². The Morgan fingerprint density at radius 1 is 1.53 bits per heavy atom.